The van der Waals surface area contributed by atoms with Crippen LogP contribution in [-0.4, -0.2) is 54.4 Å². The zero-order valence-electron chi connectivity index (χ0n) is 14.9. The van der Waals surface area contributed by atoms with Crippen molar-refractivity contribution in [1.29, 1.82) is 0 Å². The topological polar surface area (TPSA) is 59.4 Å². The van der Waals surface area contributed by atoms with Crippen molar-refractivity contribution in [3.63, 3.8) is 0 Å². The van der Waals surface area contributed by atoms with Crippen LogP contribution in [0.25, 0.3) is 0 Å². The fourth-order valence-corrected chi connectivity index (χ4v) is 3.42. The van der Waals surface area contributed by atoms with Crippen LogP contribution in [0, 0.1) is 0 Å². The van der Waals surface area contributed by atoms with E-state index in [2.05, 4.69) is 27.4 Å². The number of rotatable bonds is 6. The molecule has 0 unspecified atom stereocenters. The van der Waals surface area contributed by atoms with E-state index in [-0.39, 0.29) is 12.0 Å². The number of methoxy groups -OCH3 is 1. The Balaban J connectivity index is 1.64. The first-order chi connectivity index (χ1) is 12.2. The Morgan fingerprint density at radius 1 is 1.36 bits per heavy atom. The first-order valence-electron chi connectivity index (χ1n) is 8.78. The average molecular weight is 342 g/mol. The number of amides is 1. The van der Waals surface area contributed by atoms with Crippen molar-refractivity contribution in [2.75, 3.05) is 33.8 Å². The maximum Gasteiger partial charge on any atom is 0.271 e. The van der Waals surface area contributed by atoms with Crippen LogP contribution in [0.1, 0.15) is 41.0 Å². The molecule has 1 saturated heterocycles. The highest BCUT2D eigenvalue weighted by Gasteiger charge is 2.25. The van der Waals surface area contributed by atoms with Crippen molar-refractivity contribution in [2.24, 2.45) is 0 Å². The Labute approximate surface area is 148 Å². The molecular weight excluding hydrogens is 316 g/mol. The van der Waals surface area contributed by atoms with E-state index >= 15 is 0 Å². The summed E-state index contributed by atoms with van der Waals surface area (Å²) in [5.41, 5.74) is 1.67. The molecule has 0 aliphatic carbocycles. The van der Waals surface area contributed by atoms with Gasteiger partial charge in [-0.3, -0.25) is 14.4 Å². The number of hydrogen-bond acceptors (Lipinski definition) is 4. The lowest BCUT2D eigenvalue weighted by atomic mass is 10.0. The molecule has 1 amide bonds. The Hall–Kier alpha value is -2.18. The van der Waals surface area contributed by atoms with Crippen LogP contribution < -0.4 is 5.32 Å². The number of piperidine rings is 1. The molecule has 2 heterocycles. The molecule has 0 saturated carbocycles. The summed E-state index contributed by atoms with van der Waals surface area (Å²) >= 11 is 0. The van der Waals surface area contributed by atoms with Crippen LogP contribution in [0.5, 0.6) is 0 Å². The standard InChI is InChI=1S/C19H26N4O2/c1-20-19(24)17-10-12-23(21-17)16-9-6-11-22(13-16)14-18(25-2)15-7-4-3-5-8-15/h3-5,7-8,10,12,16,18H,6,9,11,13-14H2,1-2H3,(H,20,24)/t16-,18-/m1/s1. The zero-order valence-corrected chi connectivity index (χ0v) is 14.9. The van der Waals surface area contributed by atoms with E-state index in [0.29, 0.717) is 11.7 Å². The highest BCUT2D eigenvalue weighted by atomic mass is 16.5. The van der Waals surface area contributed by atoms with E-state index in [1.54, 1.807) is 20.2 Å². The Morgan fingerprint density at radius 2 is 2.16 bits per heavy atom. The van der Waals surface area contributed by atoms with Crippen LogP contribution in [-0.2, 0) is 4.74 Å². The molecule has 2 atom stereocenters. The third-order valence-electron chi connectivity index (χ3n) is 4.80. The number of carbonyl (C=O) groups is 1. The van der Waals surface area contributed by atoms with E-state index in [1.807, 2.05) is 29.1 Å². The zero-order chi connectivity index (χ0) is 17.6. The quantitative estimate of drug-likeness (QED) is 0.875. The number of carbonyl (C=O) groups excluding carboxylic acids is 1. The number of aromatic nitrogens is 2. The van der Waals surface area contributed by atoms with E-state index in [4.69, 9.17) is 4.74 Å². The first-order valence-corrected chi connectivity index (χ1v) is 8.78. The summed E-state index contributed by atoms with van der Waals surface area (Å²) in [6, 6.07) is 12.4. The molecule has 1 aliphatic rings. The van der Waals surface area contributed by atoms with Gasteiger partial charge in [0.2, 0.25) is 0 Å². The van der Waals surface area contributed by atoms with Gasteiger partial charge in [0.15, 0.2) is 0 Å². The van der Waals surface area contributed by atoms with E-state index in [9.17, 15) is 4.79 Å². The molecular formula is C19H26N4O2. The number of nitrogens with one attached hydrogen (secondary N) is 1. The summed E-state index contributed by atoms with van der Waals surface area (Å²) in [5, 5.41) is 7.06. The van der Waals surface area contributed by atoms with Crippen molar-refractivity contribution in [3.05, 3.63) is 53.9 Å². The van der Waals surface area contributed by atoms with Gasteiger partial charge in [0.05, 0.1) is 12.1 Å². The molecule has 1 N–H and O–H groups in total. The molecule has 25 heavy (non-hydrogen) atoms. The van der Waals surface area contributed by atoms with Gasteiger partial charge in [-0.05, 0) is 31.0 Å². The number of likely N-dealkylation sites (tertiary alicyclic amines) is 1. The van der Waals surface area contributed by atoms with Crippen LogP contribution in [0.2, 0.25) is 0 Å². The van der Waals surface area contributed by atoms with Gasteiger partial charge < -0.3 is 10.1 Å². The minimum Gasteiger partial charge on any atom is -0.375 e. The summed E-state index contributed by atoms with van der Waals surface area (Å²) in [6.45, 7) is 2.84. The fourth-order valence-electron chi connectivity index (χ4n) is 3.42. The summed E-state index contributed by atoms with van der Waals surface area (Å²) in [7, 11) is 3.39. The van der Waals surface area contributed by atoms with Gasteiger partial charge in [0, 0.05) is 33.4 Å². The lowest BCUT2D eigenvalue weighted by Gasteiger charge is -2.34. The minimum atomic E-state index is -0.144. The maximum atomic E-state index is 11.7. The molecule has 0 radical (unpaired) electrons. The van der Waals surface area contributed by atoms with Crippen LogP contribution in [0.15, 0.2) is 42.6 Å². The van der Waals surface area contributed by atoms with Gasteiger partial charge in [-0.2, -0.15) is 5.10 Å². The Bertz CT molecular complexity index is 686. The lowest BCUT2D eigenvalue weighted by molar-refractivity contribution is 0.0474. The number of ether oxygens (including phenoxy) is 1. The second-order valence-corrected chi connectivity index (χ2v) is 6.45. The van der Waals surface area contributed by atoms with Gasteiger partial charge in [-0.25, -0.2) is 0 Å². The number of benzene rings is 1. The average Bonchev–Trinajstić information content (AvgIpc) is 3.16. The van der Waals surface area contributed by atoms with Gasteiger partial charge in [0.1, 0.15) is 5.69 Å². The van der Waals surface area contributed by atoms with E-state index in [0.717, 1.165) is 32.5 Å². The SMILES string of the molecule is CNC(=O)c1ccn([C@@H]2CCCN(C[C@@H](OC)c3ccccc3)C2)n1. The predicted octanol–water partition coefficient (Wildman–Crippen LogP) is 2.27. The second kappa shape index (κ2) is 8.27. The van der Waals surface area contributed by atoms with Crippen LogP contribution in [0.4, 0.5) is 0 Å². The Kier molecular flexibility index (Phi) is 5.83. The summed E-state index contributed by atoms with van der Waals surface area (Å²) in [4.78, 5) is 14.1. The monoisotopic (exact) mass is 342 g/mol. The van der Waals surface area contributed by atoms with Crippen molar-refractivity contribution >= 4 is 5.91 Å². The summed E-state index contributed by atoms with van der Waals surface area (Å²) in [5.74, 6) is -0.144. The van der Waals surface area contributed by atoms with Crippen LogP contribution >= 0.6 is 0 Å². The highest BCUT2D eigenvalue weighted by molar-refractivity contribution is 5.91. The smallest absolute Gasteiger partial charge is 0.271 e. The molecule has 2 aromatic rings. The molecule has 1 aromatic heterocycles. The van der Waals surface area contributed by atoms with E-state index < -0.39 is 0 Å². The normalized spacial score (nSPS) is 19.5. The van der Waals surface area contributed by atoms with E-state index in [1.165, 1.54) is 5.56 Å². The molecule has 0 bridgehead atoms. The number of hydrogen-bond donors (Lipinski definition) is 1. The number of nitrogens with zero attached hydrogens (tertiary/aromatic N) is 3. The van der Waals surface area contributed by atoms with Gasteiger partial charge >= 0.3 is 0 Å². The molecule has 1 fully saturated rings. The third-order valence-corrected chi connectivity index (χ3v) is 4.80. The fraction of sp³-hybridized carbons (Fsp3) is 0.474. The third kappa shape index (κ3) is 4.27. The highest BCUT2D eigenvalue weighted by Crippen LogP contribution is 2.25. The molecule has 1 aromatic carbocycles. The molecule has 3 rings (SSSR count). The lowest BCUT2D eigenvalue weighted by Crippen LogP contribution is -2.39. The minimum absolute atomic E-state index is 0.0685. The predicted molar refractivity (Wildman–Crippen MR) is 96.5 cm³/mol. The molecule has 134 valence electrons. The van der Waals surface area contributed by atoms with Gasteiger partial charge in [-0.1, -0.05) is 30.3 Å². The van der Waals surface area contributed by atoms with Gasteiger partial charge in [0.25, 0.3) is 5.91 Å². The molecule has 6 nitrogen and oxygen atoms in total. The van der Waals surface area contributed by atoms with Gasteiger partial charge in [-0.15, -0.1) is 0 Å². The molecule has 6 heteroatoms. The molecule has 0 spiro atoms. The van der Waals surface area contributed by atoms with Crippen molar-refractivity contribution < 1.29 is 9.53 Å². The molecule has 1 aliphatic heterocycles. The van der Waals surface area contributed by atoms with Crippen LogP contribution in [0.3, 0.4) is 0 Å². The largest absolute Gasteiger partial charge is 0.375 e. The maximum absolute atomic E-state index is 11.7. The Morgan fingerprint density at radius 3 is 2.88 bits per heavy atom. The summed E-state index contributed by atoms with van der Waals surface area (Å²) in [6.07, 6.45) is 4.17. The first kappa shape index (κ1) is 17.6. The van der Waals surface area contributed by atoms with Crippen molar-refractivity contribution in [1.82, 2.24) is 20.0 Å². The second-order valence-electron chi connectivity index (χ2n) is 6.45. The van der Waals surface area contributed by atoms with Crippen molar-refractivity contribution in [2.45, 2.75) is 25.0 Å². The summed E-state index contributed by atoms with van der Waals surface area (Å²) < 4.78 is 7.64. The van der Waals surface area contributed by atoms with Crippen molar-refractivity contribution in [3.8, 4) is 0 Å².